The second-order valence-electron chi connectivity index (χ2n) is 5.17. The Kier molecular flexibility index (Phi) is 5.56. The van der Waals surface area contributed by atoms with Gasteiger partial charge in [-0.1, -0.05) is 24.3 Å². The van der Waals surface area contributed by atoms with Gasteiger partial charge >= 0.3 is 0 Å². The van der Waals surface area contributed by atoms with Gasteiger partial charge < -0.3 is 14.8 Å². The summed E-state index contributed by atoms with van der Waals surface area (Å²) < 4.78 is 10.6. The minimum Gasteiger partial charge on any atom is -0.493 e. The first-order valence-corrected chi connectivity index (χ1v) is 8.53. The number of ether oxygens (including phenoxy) is 2. The molecule has 2 aromatic carbocycles. The number of para-hydroxylation sites is 1. The number of nitriles is 1. The van der Waals surface area contributed by atoms with E-state index in [0.717, 1.165) is 11.3 Å². The summed E-state index contributed by atoms with van der Waals surface area (Å²) in [6.45, 7) is -0.0611. The van der Waals surface area contributed by atoms with E-state index < -0.39 is 0 Å². The van der Waals surface area contributed by atoms with Crippen molar-refractivity contribution in [3.8, 4) is 17.6 Å². The van der Waals surface area contributed by atoms with Gasteiger partial charge in [0.15, 0.2) is 23.3 Å². The highest BCUT2D eigenvalue weighted by molar-refractivity contribution is 8.18. The Bertz CT molecular complexity index is 917. The third-order valence-corrected chi connectivity index (χ3v) is 4.33. The van der Waals surface area contributed by atoms with Crippen LogP contribution in [-0.4, -0.2) is 24.8 Å². The van der Waals surface area contributed by atoms with Gasteiger partial charge in [0, 0.05) is 0 Å². The molecule has 0 aliphatic carbocycles. The standard InChI is InChI=1S/C19H15N3O3S/c1-24-16-11-13(7-8-15(16)25-10-9-20)12-17-18(23)22-19(26-17)21-14-5-3-2-4-6-14/h2-8,11-12H,10H2,1H3,(H,21,22,23)/b17-12-. The van der Waals surface area contributed by atoms with Crippen LogP contribution in [-0.2, 0) is 4.79 Å². The van der Waals surface area contributed by atoms with E-state index >= 15 is 0 Å². The third-order valence-electron chi connectivity index (χ3n) is 3.42. The summed E-state index contributed by atoms with van der Waals surface area (Å²) in [7, 11) is 1.52. The van der Waals surface area contributed by atoms with Gasteiger partial charge in [-0.2, -0.15) is 5.26 Å². The fourth-order valence-electron chi connectivity index (χ4n) is 2.25. The second kappa shape index (κ2) is 8.23. The average Bonchev–Trinajstić information content (AvgIpc) is 3.00. The van der Waals surface area contributed by atoms with Crippen LogP contribution in [0.5, 0.6) is 11.5 Å². The van der Waals surface area contributed by atoms with Crippen LogP contribution in [0.2, 0.25) is 0 Å². The first-order chi connectivity index (χ1) is 12.7. The van der Waals surface area contributed by atoms with Gasteiger partial charge in [0.2, 0.25) is 0 Å². The molecule has 1 amide bonds. The lowest BCUT2D eigenvalue weighted by atomic mass is 10.2. The summed E-state index contributed by atoms with van der Waals surface area (Å²) in [5.41, 5.74) is 1.56. The maximum atomic E-state index is 12.2. The zero-order valence-electron chi connectivity index (χ0n) is 13.9. The Labute approximate surface area is 155 Å². The molecule has 1 heterocycles. The summed E-state index contributed by atoms with van der Waals surface area (Å²) in [5.74, 6) is 0.774. The molecule has 7 heteroatoms. The molecule has 2 aromatic rings. The van der Waals surface area contributed by atoms with Gasteiger partial charge in [-0.15, -0.1) is 0 Å². The number of carbonyl (C=O) groups is 1. The highest BCUT2D eigenvalue weighted by atomic mass is 32.2. The number of hydrogen-bond donors (Lipinski definition) is 1. The highest BCUT2D eigenvalue weighted by Gasteiger charge is 2.23. The van der Waals surface area contributed by atoms with Gasteiger partial charge in [0.1, 0.15) is 6.07 Å². The number of methoxy groups -OCH3 is 1. The van der Waals surface area contributed by atoms with E-state index in [9.17, 15) is 4.79 Å². The maximum Gasteiger partial charge on any atom is 0.264 e. The number of nitrogens with one attached hydrogen (secondary N) is 1. The van der Waals surface area contributed by atoms with Crippen molar-refractivity contribution >= 4 is 34.6 Å². The molecular formula is C19H15N3O3S. The normalized spacial score (nSPS) is 16.4. The Balaban J connectivity index is 1.80. The largest absolute Gasteiger partial charge is 0.493 e. The first-order valence-electron chi connectivity index (χ1n) is 7.72. The number of amides is 1. The molecule has 0 saturated carbocycles. The number of thioether (sulfide) groups is 1. The zero-order chi connectivity index (χ0) is 18.4. The number of hydrogen-bond acceptors (Lipinski definition) is 6. The van der Waals surface area contributed by atoms with Crippen LogP contribution < -0.4 is 14.8 Å². The molecule has 1 N–H and O–H groups in total. The minimum absolute atomic E-state index is 0.0611. The number of aliphatic imine (C=N–C) groups is 1. The Morgan fingerprint density at radius 1 is 1.23 bits per heavy atom. The molecule has 1 aliphatic heterocycles. The molecular weight excluding hydrogens is 350 g/mol. The molecule has 1 aliphatic rings. The summed E-state index contributed by atoms with van der Waals surface area (Å²) >= 11 is 1.28. The molecule has 0 radical (unpaired) electrons. The predicted octanol–water partition coefficient (Wildman–Crippen LogP) is 3.49. The molecule has 130 valence electrons. The fraction of sp³-hybridized carbons (Fsp3) is 0.105. The van der Waals surface area contributed by atoms with Crippen molar-refractivity contribution in [2.75, 3.05) is 13.7 Å². The number of amidine groups is 1. The van der Waals surface area contributed by atoms with Crippen LogP contribution in [0.15, 0.2) is 58.4 Å². The Hall–Kier alpha value is -3.24. The Morgan fingerprint density at radius 3 is 2.77 bits per heavy atom. The van der Waals surface area contributed by atoms with Gasteiger partial charge in [0.05, 0.1) is 17.7 Å². The molecule has 1 saturated heterocycles. The van der Waals surface area contributed by atoms with Crippen molar-refractivity contribution in [3.05, 3.63) is 59.0 Å². The van der Waals surface area contributed by atoms with Gasteiger partial charge in [-0.05, 0) is 47.7 Å². The molecule has 0 aromatic heterocycles. The van der Waals surface area contributed by atoms with Crippen molar-refractivity contribution in [2.24, 2.45) is 4.99 Å². The van der Waals surface area contributed by atoms with Crippen LogP contribution in [0, 0.1) is 11.3 Å². The number of nitrogens with zero attached hydrogens (tertiary/aromatic N) is 2. The van der Waals surface area contributed by atoms with E-state index in [1.54, 1.807) is 24.3 Å². The molecule has 26 heavy (non-hydrogen) atoms. The monoisotopic (exact) mass is 365 g/mol. The maximum absolute atomic E-state index is 12.2. The summed E-state index contributed by atoms with van der Waals surface area (Å²) in [4.78, 5) is 17.1. The fourth-order valence-corrected chi connectivity index (χ4v) is 3.10. The highest BCUT2D eigenvalue weighted by Crippen LogP contribution is 2.32. The zero-order valence-corrected chi connectivity index (χ0v) is 14.7. The molecule has 0 bridgehead atoms. The van der Waals surface area contributed by atoms with Crippen LogP contribution in [0.25, 0.3) is 6.08 Å². The predicted molar refractivity (Wildman–Crippen MR) is 101 cm³/mol. The number of carbonyl (C=O) groups excluding carboxylic acids is 1. The minimum atomic E-state index is -0.201. The van der Waals surface area contributed by atoms with E-state index in [1.165, 1.54) is 18.9 Å². The van der Waals surface area contributed by atoms with E-state index in [2.05, 4.69) is 10.3 Å². The Morgan fingerprint density at radius 2 is 2.04 bits per heavy atom. The smallest absolute Gasteiger partial charge is 0.264 e. The topological polar surface area (TPSA) is 83.7 Å². The van der Waals surface area contributed by atoms with Crippen LogP contribution in [0.1, 0.15) is 5.56 Å². The van der Waals surface area contributed by atoms with Crippen molar-refractivity contribution in [1.29, 1.82) is 5.26 Å². The second-order valence-corrected chi connectivity index (χ2v) is 6.21. The molecule has 6 nitrogen and oxygen atoms in total. The molecule has 3 rings (SSSR count). The molecule has 0 atom stereocenters. The number of benzene rings is 2. The lowest BCUT2D eigenvalue weighted by Crippen LogP contribution is -2.19. The lowest BCUT2D eigenvalue weighted by Gasteiger charge is -2.08. The van der Waals surface area contributed by atoms with Crippen molar-refractivity contribution in [2.45, 2.75) is 0 Å². The SMILES string of the molecule is COc1cc(/C=C2\SC(=Nc3ccccc3)NC2=O)ccc1OCC#N. The summed E-state index contributed by atoms with van der Waals surface area (Å²) in [5, 5.41) is 11.9. The van der Waals surface area contributed by atoms with Crippen LogP contribution >= 0.6 is 11.8 Å². The summed E-state index contributed by atoms with van der Waals surface area (Å²) in [6.07, 6.45) is 1.75. The first kappa shape index (κ1) is 17.6. The van der Waals surface area contributed by atoms with Crippen molar-refractivity contribution in [3.63, 3.8) is 0 Å². The van der Waals surface area contributed by atoms with Gasteiger partial charge in [-0.3, -0.25) is 4.79 Å². The molecule has 0 unspecified atom stereocenters. The molecule has 1 fully saturated rings. The summed E-state index contributed by atoms with van der Waals surface area (Å²) in [6, 6.07) is 16.6. The third kappa shape index (κ3) is 4.23. The van der Waals surface area contributed by atoms with Crippen molar-refractivity contribution < 1.29 is 14.3 Å². The van der Waals surface area contributed by atoms with Gasteiger partial charge in [-0.25, -0.2) is 4.99 Å². The van der Waals surface area contributed by atoms with E-state index in [0.29, 0.717) is 21.6 Å². The lowest BCUT2D eigenvalue weighted by molar-refractivity contribution is -0.115. The van der Waals surface area contributed by atoms with E-state index in [1.807, 2.05) is 36.4 Å². The van der Waals surface area contributed by atoms with E-state index in [4.69, 9.17) is 14.7 Å². The number of rotatable bonds is 5. The van der Waals surface area contributed by atoms with Crippen LogP contribution in [0.3, 0.4) is 0 Å². The van der Waals surface area contributed by atoms with Crippen molar-refractivity contribution in [1.82, 2.24) is 5.32 Å². The van der Waals surface area contributed by atoms with Gasteiger partial charge in [0.25, 0.3) is 5.91 Å². The van der Waals surface area contributed by atoms with Crippen LogP contribution in [0.4, 0.5) is 5.69 Å². The van der Waals surface area contributed by atoms with E-state index in [-0.39, 0.29) is 12.5 Å². The quantitative estimate of drug-likeness (QED) is 0.820. The molecule has 0 spiro atoms. The average molecular weight is 365 g/mol.